The van der Waals surface area contributed by atoms with Crippen molar-refractivity contribution >= 4 is 11.6 Å². The topological polar surface area (TPSA) is 35.2 Å². The van der Waals surface area contributed by atoms with Gasteiger partial charge in [0.15, 0.2) is 0 Å². The quantitative estimate of drug-likeness (QED) is 0.797. The Labute approximate surface area is 95.4 Å². The molecule has 0 saturated heterocycles. The van der Waals surface area contributed by atoms with E-state index in [0.29, 0.717) is 5.92 Å². The third kappa shape index (κ3) is 1.84. The van der Waals surface area contributed by atoms with Gasteiger partial charge in [0.2, 0.25) is 0 Å². The maximum Gasteiger partial charge on any atom is 0.120 e. The van der Waals surface area contributed by atoms with Crippen LogP contribution in [0.4, 0.5) is 0 Å². The molecule has 1 aromatic carbocycles. The predicted octanol–water partition coefficient (Wildman–Crippen LogP) is 3.25. The van der Waals surface area contributed by atoms with Gasteiger partial charge in [-0.1, -0.05) is 18.5 Å². The summed E-state index contributed by atoms with van der Waals surface area (Å²) in [5.41, 5.74) is 8.44. The second-order valence-electron chi connectivity index (χ2n) is 4.20. The molecule has 1 aromatic rings. The predicted molar refractivity (Wildman–Crippen MR) is 62.6 cm³/mol. The second kappa shape index (κ2) is 4.03. The molecule has 0 aromatic heterocycles. The summed E-state index contributed by atoms with van der Waals surface area (Å²) >= 11 is 6.25. The van der Waals surface area contributed by atoms with Crippen molar-refractivity contribution in [2.45, 2.75) is 31.7 Å². The highest BCUT2D eigenvalue weighted by Crippen LogP contribution is 2.42. The lowest BCUT2D eigenvalue weighted by Gasteiger charge is -2.28. The third-order valence-corrected chi connectivity index (χ3v) is 3.49. The fourth-order valence-electron chi connectivity index (χ4n) is 2.29. The average Bonchev–Trinajstić information content (AvgIpc) is 2.23. The Morgan fingerprint density at radius 1 is 1.40 bits per heavy atom. The Kier molecular flexibility index (Phi) is 2.89. The van der Waals surface area contributed by atoms with Gasteiger partial charge in [-0.15, -0.1) is 0 Å². The van der Waals surface area contributed by atoms with E-state index in [2.05, 4.69) is 6.92 Å². The van der Waals surface area contributed by atoms with Gasteiger partial charge >= 0.3 is 0 Å². The molecule has 15 heavy (non-hydrogen) atoms. The molecular weight excluding hydrogens is 210 g/mol. The van der Waals surface area contributed by atoms with Crippen LogP contribution in [0.15, 0.2) is 12.1 Å². The van der Waals surface area contributed by atoms with Crippen LogP contribution in [0.1, 0.15) is 42.9 Å². The maximum atomic E-state index is 6.25. The zero-order valence-corrected chi connectivity index (χ0v) is 9.84. The van der Waals surface area contributed by atoms with E-state index in [1.54, 1.807) is 7.11 Å². The van der Waals surface area contributed by atoms with Gasteiger partial charge in [-0.3, -0.25) is 0 Å². The SMILES string of the molecule is COc1cc(Cl)c2c(c1)[C@@H](N)CCC2C. The van der Waals surface area contributed by atoms with E-state index in [0.717, 1.165) is 29.2 Å². The maximum absolute atomic E-state index is 6.25. The number of rotatable bonds is 1. The van der Waals surface area contributed by atoms with E-state index >= 15 is 0 Å². The fraction of sp³-hybridized carbons (Fsp3) is 0.500. The van der Waals surface area contributed by atoms with Crippen molar-refractivity contribution < 1.29 is 4.74 Å². The molecule has 0 spiro atoms. The molecule has 0 radical (unpaired) electrons. The number of benzene rings is 1. The minimum Gasteiger partial charge on any atom is -0.497 e. The Balaban J connectivity index is 2.56. The van der Waals surface area contributed by atoms with Crippen molar-refractivity contribution in [1.29, 1.82) is 0 Å². The standard InChI is InChI=1S/C12H16ClNO/c1-7-3-4-11(14)9-5-8(15-2)6-10(13)12(7)9/h5-7,11H,3-4,14H2,1-2H3/t7?,11-/m0/s1. The van der Waals surface area contributed by atoms with E-state index in [1.165, 1.54) is 5.56 Å². The summed E-state index contributed by atoms with van der Waals surface area (Å²) in [7, 11) is 1.65. The van der Waals surface area contributed by atoms with Crippen LogP contribution < -0.4 is 10.5 Å². The molecule has 82 valence electrons. The smallest absolute Gasteiger partial charge is 0.120 e. The van der Waals surface area contributed by atoms with Crippen LogP contribution in [-0.4, -0.2) is 7.11 Å². The average molecular weight is 226 g/mol. The lowest BCUT2D eigenvalue weighted by atomic mass is 9.81. The largest absolute Gasteiger partial charge is 0.497 e. The first-order valence-corrected chi connectivity index (χ1v) is 5.64. The molecule has 0 fully saturated rings. The highest BCUT2D eigenvalue weighted by molar-refractivity contribution is 6.31. The van der Waals surface area contributed by atoms with Gasteiger partial charge < -0.3 is 10.5 Å². The van der Waals surface area contributed by atoms with E-state index in [1.807, 2.05) is 12.1 Å². The van der Waals surface area contributed by atoms with Gasteiger partial charge in [0.05, 0.1) is 7.11 Å². The lowest BCUT2D eigenvalue weighted by Crippen LogP contribution is -2.19. The van der Waals surface area contributed by atoms with Crippen LogP contribution in [-0.2, 0) is 0 Å². The summed E-state index contributed by atoms with van der Waals surface area (Å²) in [6, 6.07) is 3.99. The number of nitrogens with two attached hydrogens (primary N) is 1. The highest BCUT2D eigenvalue weighted by atomic mass is 35.5. The van der Waals surface area contributed by atoms with Crippen LogP contribution >= 0.6 is 11.6 Å². The molecule has 3 heteroatoms. The van der Waals surface area contributed by atoms with E-state index in [4.69, 9.17) is 22.1 Å². The third-order valence-electron chi connectivity index (χ3n) is 3.17. The van der Waals surface area contributed by atoms with Crippen LogP contribution in [0, 0.1) is 0 Å². The molecule has 1 aliphatic rings. The Morgan fingerprint density at radius 2 is 2.13 bits per heavy atom. The molecular formula is C12H16ClNO. The summed E-state index contributed by atoms with van der Waals surface area (Å²) in [5, 5.41) is 0.784. The van der Waals surface area contributed by atoms with Crippen molar-refractivity contribution in [3.63, 3.8) is 0 Å². The normalized spacial score (nSPS) is 24.8. The number of hydrogen-bond acceptors (Lipinski definition) is 2. The zero-order chi connectivity index (χ0) is 11.0. The fourth-order valence-corrected chi connectivity index (χ4v) is 2.69. The van der Waals surface area contributed by atoms with Gasteiger partial charge in [-0.05, 0) is 42.0 Å². The number of methoxy groups -OCH3 is 1. The highest BCUT2D eigenvalue weighted by Gasteiger charge is 2.25. The first kappa shape index (κ1) is 10.8. The van der Waals surface area contributed by atoms with Crippen molar-refractivity contribution in [3.8, 4) is 5.75 Å². The lowest BCUT2D eigenvalue weighted by molar-refractivity contribution is 0.411. The van der Waals surface area contributed by atoms with Crippen molar-refractivity contribution in [1.82, 2.24) is 0 Å². The zero-order valence-electron chi connectivity index (χ0n) is 9.09. The van der Waals surface area contributed by atoms with Crippen molar-refractivity contribution in [2.24, 2.45) is 5.73 Å². The number of hydrogen-bond donors (Lipinski definition) is 1. The Morgan fingerprint density at radius 3 is 2.80 bits per heavy atom. The molecule has 0 bridgehead atoms. The first-order valence-electron chi connectivity index (χ1n) is 5.26. The van der Waals surface area contributed by atoms with Crippen LogP contribution in [0.3, 0.4) is 0 Å². The molecule has 2 atom stereocenters. The van der Waals surface area contributed by atoms with Crippen LogP contribution in [0.25, 0.3) is 0 Å². The summed E-state index contributed by atoms with van der Waals surface area (Å²) in [6.07, 6.45) is 2.14. The van der Waals surface area contributed by atoms with E-state index < -0.39 is 0 Å². The van der Waals surface area contributed by atoms with Gasteiger partial charge in [0, 0.05) is 11.1 Å². The summed E-state index contributed by atoms with van der Waals surface area (Å²) < 4.78 is 5.20. The molecule has 1 unspecified atom stereocenters. The molecule has 2 nitrogen and oxygen atoms in total. The van der Waals surface area contributed by atoms with Gasteiger partial charge in [-0.25, -0.2) is 0 Å². The Hall–Kier alpha value is -0.730. The van der Waals surface area contributed by atoms with Crippen molar-refractivity contribution in [3.05, 3.63) is 28.3 Å². The first-order chi connectivity index (χ1) is 7.13. The number of halogens is 1. The van der Waals surface area contributed by atoms with Gasteiger partial charge in [0.25, 0.3) is 0 Å². The molecule has 0 heterocycles. The summed E-state index contributed by atoms with van der Waals surface area (Å²) in [4.78, 5) is 0. The monoisotopic (exact) mass is 225 g/mol. The molecule has 1 aliphatic carbocycles. The number of ether oxygens (including phenoxy) is 1. The van der Waals surface area contributed by atoms with Crippen LogP contribution in [0.2, 0.25) is 5.02 Å². The van der Waals surface area contributed by atoms with Gasteiger partial charge in [0.1, 0.15) is 5.75 Å². The van der Waals surface area contributed by atoms with Crippen LogP contribution in [0.5, 0.6) is 5.75 Å². The molecule has 2 N–H and O–H groups in total. The minimum absolute atomic E-state index is 0.101. The molecule has 2 rings (SSSR count). The second-order valence-corrected chi connectivity index (χ2v) is 4.60. The number of fused-ring (bicyclic) bond motifs is 1. The summed E-state index contributed by atoms with van der Waals surface area (Å²) in [5.74, 6) is 1.29. The molecule has 0 amide bonds. The van der Waals surface area contributed by atoms with Crippen molar-refractivity contribution in [2.75, 3.05) is 7.11 Å². The van der Waals surface area contributed by atoms with E-state index in [9.17, 15) is 0 Å². The Bertz CT molecular complexity index is 378. The summed E-state index contributed by atoms with van der Waals surface area (Å²) in [6.45, 7) is 2.20. The molecule has 0 saturated carbocycles. The van der Waals surface area contributed by atoms with Gasteiger partial charge in [-0.2, -0.15) is 0 Å². The van der Waals surface area contributed by atoms with E-state index in [-0.39, 0.29) is 6.04 Å². The minimum atomic E-state index is 0.101. The molecule has 0 aliphatic heterocycles.